The number of pyridine rings is 2. The fourth-order valence-corrected chi connectivity index (χ4v) is 10.1. The van der Waals surface area contributed by atoms with Gasteiger partial charge in [-0.05, 0) is 84.8 Å². The summed E-state index contributed by atoms with van der Waals surface area (Å²) in [4.78, 5) is 68.6. The topological polar surface area (TPSA) is 132 Å². The molecule has 6 heterocycles. The molecule has 0 amide bonds. The molecule has 16 nitrogen and oxygen atoms in total. The fraction of sp³-hybridized carbons (Fsp3) is 0.696. The van der Waals surface area contributed by atoms with Crippen molar-refractivity contribution >= 4 is 21.5 Å². The molecule has 1 aromatic carbocycles. The van der Waals surface area contributed by atoms with Gasteiger partial charge in [0.25, 0.3) is 16.7 Å². The Bertz CT molecular complexity index is 2300. The molecule has 4 fully saturated rings. The van der Waals surface area contributed by atoms with E-state index in [1.165, 1.54) is 9.13 Å². The molecule has 4 saturated heterocycles. The number of benzene rings is 2. The van der Waals surface area contributed by atoms with Crippen LogP contribution in [0.1, 0.15) is 24.8 Å². The first kappa shape index (κ1) is 45.0. The summed E-state index contributed by atoms with van der Waals surface area (Å²) in [5, 5.41) is 18.1. The third-order valence-electron chi connectivity index (χ3n) is 14.3. The maximum atomic E-state index is 14.8. The zero-order chi connectivity index (χ0) is 43.3. The maximum Gasteiger partial charge on any atom is 0.263 e. The van der Waals surface area contributed by atoms with E-state index in [0.29, 0.717) is 77.0 Å². The van der Waals surface area contributed by atoms with E-state index in [9.17, 15) is 19.5 Å². The summed E-state index contributed by atoms with van der Waals surface area (Å²) < 4.78 is 2.94. The third-order valence-corrected chi connectivity index (χ3v) is 14.3. The Kier molecular flexibility index (Phi) is 14.9. The van der Waals surface area contributed by atoms with Crippen LogP contribution in [0, 0.1) is 0 Å². The summed E-state index contributed by atoms with van der Waals surface area (Å²) in [5.41, 5.74) is 0.597. The average Bonchev–Trinajstić information content (AvgIpc) is 3.27. The molecule has 0 bridgehead atoms. The van der Waals surface area contributed by atoms with Gasteiger partial charge in [0.15, 0.2) is 0 Å². The van der Waals surface area contributed by atoms with Crippen molar-refractivity contribution in [3.05, 3.63) is 54.1 Å². The molecule has 1 aliphatic carbocycles. The molecule has 1 aromatic heterocycles. The number of nitrogens with one attached hydrogen (secondary N) is 1. The molecule has 340 valence electrons. The van der Waals surface area contributed by atoms with Gasteiger partial charge in [-0.3, -0.25) is 33.4 Å². The SMILES string of the molecule is CN1CCN(CCCN=c2cc3c(=O)n(CCCN4CCN(C)CC4)c(=O)c4c(CNCCN5CCN(C)CC5)cc5c(O)n(CCCN6CCN(C)CC6)c(=O)c2c5c4-3)CC1. The van der Waals surface area contributed by atoms with Gasteiger partial charge in [0.2, 0.25) is 5.88 Å². The van der Waals surface area contributed by atoms with Gasteiger partial charge >= 0.3 is 0 Å². The molecule has 0 atom stereocenters. The van der Waals surface area contributed by atoms with Gasteiger partial charge in [-0.25, -0.2) is 0 Å². The number of aromatic hydroxyl groups is 1. The van der Waals surface area contributed by atoms with E-state index < -0.39 is 0 Å². The molecular weight excluding hydrogens is 785 g/mol. The van der Waals surface area contributed by atoms with Crippen molar-refractivity contribution < 1.29 is 5.11 Å². The first-order valence-electron chi connectivity index (χ1n) is 23.5. The molecule has 6 aliphatic rings. The maximum absolute atomic E-state index is 14.8. The van der Waals surface area contributed by atoms with Gasteiger partial charge in [0.1, 0.15) is 0 Å². The predicted octanol–water partition coefficient (Wildman–Crippen LogP) is -0.487. The van der Waals surface area contributed by atoms with Gasteiger partial charge in [-0.15, -0.1) is 0 Å². The Balaban J connectivity index is 1.19. The number of nitrogens with zero attached hydrogens (tertiary/aromatic N) is 11. The minimum atomic E-state index is -0.353. The van der Waals surface area contributed by atoms with Crippen LogP contribution in [0.3, 0.4) is 0 Å². The highest BCUT2D eigenvalue weighted by molar-refractivity contribution is 6.16. The zero-order valence-corrected chi connectivity index (χ0v) is 38.0. The van der Waals surface area contributed by atoms with Crippen LogP contribution in [0.2, 0.25) is 0 Å². The smallest absolute Gasteiger partial charge is 0.263 e. The van der Waals surface area contributed by atoms with Crippen molar-refractivity contribution in [1.29, 1.82) is 0 Å². The fourth-order valence-electron chi connectivity index (χ4n) is 10.1. The van der Waals surface area contributed by atoms with Crippen molar-refractivity contribution in [2.24, 2.45) is 4.99 Å². The average molecular weight is 857 g/mol. The molecular formula is C46H72N12O4. The van der Waals surface area contributed by atoms with Gasteiger partial charge in [0, 0.05) is 160 Å². The van der Waals surface area contributed by atoms with Crippen LogP contribution in [-0.2, 0) is 19.6 Å². The Morgan fingerprint density at radius 3 is 1.53 bits per heavy atom. The molecule has 16 heteroatoms. The van der Waals surface area contributed by atoms with Crippen LogP contribution < -0.4 is 27.4 Å². The van der Waals surface area contributed by atoms with Crippen molar-refractivity contribution in [3.8, 4) is 17.0 Å². The minimum Gasteiger partial charge on any atom is -0.494 e. The van der Waals surface area contributed by atoms with Crippen LogP contribution in [-0.4, -0.2) is 226 Å². The van der Waals surface area contributed by atoms with Crippen molar-refractivity contribution in [2.45, 2.75) is 38.9 Å². The lowest BCUT2D eigenvalue weighted by atomic mass is 9.88. The Morgan fingerprint density at radius 2 is 1.00 bits per heavy atom. The monoisotopic (exact) mass is 857 g/mol. The minimum absolute atomic E-state index is 0.112. The number of piperazine rings is 4. The Hall–Kier alpha value is -3.58. The molecule has 0 unspecified atom stereocenters. The zero-order valence-electron chi connectivity index (χ0n) is 38.0. The van der Waals surface area contributed by atoms with E-state index in [-0.39, 0.29) is 22.6 Å². The quantitative estimate of drug-likeness (QED) is 0.105. The predicted molar refractivity (Wildman–Crippen MR) is 249 cm³/mol. The number of rotatable bonds is 17. The second-order valence-corrected chi connectivity index (χ2v) is 18.8. The molecule has 2 aromatic rings. The number of aromatic nitrogens is 2. The van der Waals surface area contributed by atoms with Gasteiger partial charge in [0.05, 0.1) is 21.7 Å². The standard InChI is InChI=1S/C46H72N12O4/c1-49-16-24-53(25-17-49)10-5-8-48-38-33-37-40-39(45(61)57(44(37)60)13-6-11-54-26-18-50(2)19-27-54)35(34-47-9-15-56-30-22-52(4)23-31-56)32-36-41(40)42(38)46(62)58(43(36)59)14-7-12-55-28-20-51(3)21-29-55/h32-33,47,59H,5-31,34H2,1-4H3. The van der Waals surface area contributed by atoms with E-state index >= 15 is 0 Å². The molecule has 62 heavy (non-hydrogen) atoms. The summed E-state index contributed by atoms with van der Waals surface area (Å²) in [6, 6.07) is 3.70. The highest BCUT2D eigenvalue weighted by Crippen LogP contribution is 2.39. The van der Waals surface area contributed by atoms with Crippen LogP contribution in [0.4, 0.5) is 0 Å². The van der Waals surface area contributed by atoms with E-state index in [4.69, 9.17) is 4.99 Å². The van der Waals surface area contributed by atoms with E-state index in [2.05, 4.69) is 72.7 Å². The second-order valence-electron chi connectivity index (χ2n) is 18.8. The Morgan fingerprint density at radius 1 is 0.532 bits per heavy atom. The lowest BCUT2D eigenvalue weighted by molar-refractivity contribution is 0.151. The van der Waals surface area contributed by atoms with Crippen LogP contribution in [0.15, 0.2) is 31.5 Å². The summed E-state index contributed by atoms with van der Waals surface area (Å²) in [6.07, 6.45) is 2.19. The van der Waals surface area contributed by atoms with Crippen molar-refractivity contribution in [2.75, 3.05) is 172 Å². The van der Waals surface area contributed by atoms with Crippen LogP contribution in [0.5, 0.6) is 5.88 Å². The summed E-state index contributed by atoms with van der Waals surface area (Å²) in [5.74, 6) is -0.112. The largest absolute Gasteiger partial charge is 0.494 e. The second kappa shape index (κ2) is 20.5. The molecule has 0 spiro atoms. The highest BCUT2D eigenvalue weighted by atomic mass is 16.3. The number of hydrogen-bond donors (Lipinski definition) is 2. The lowest BCUT2D eigenvalue weighted by Gasteiger charge is -2.32. The summed E-state index contributed by atoms with van der Waals surface area (Å²) in [6.45, 7) is 21.9. The summed E-state index contributed by atoms with van der Waals surface area (Å²) in [7, 11) is 8.60. The van der Waals surface area contributed by atoms with Crippen molar-refractivity contribution in [3.63, 3.8) is 0 Å². The summed E-state index contributed by atoms with van der Waals surface area (Å²) >= 11 is 0. The first-order chi connectivity index (χ1) is 30.0. The normalized spacial score (nSPS) is 20.9. The van der Waals surface area contributed by atoms with E-state index in [0.717, 1.165) is 149 Å². The molecule has 2 N–H and O–H groups in total. The highest BCUT2D eigenvalue weighted by Gasteiger charge is 2.29. The first-order valence-corrected chi connectivity index (χ1v) is 23.5. The molecule has 8 rings (SSSR count). The van der Waals surface area contributed by atoms with Crippen LogP contribution in [0.25, 0.3) is 32.7 Å². The van der Waals surface area contributed by atoms with Crippen LogP contribution >= 0.6 is 0 Å². The van der Waals surface area contributed by atoms with Gasteiger partial charge in [-0.1, -0.05) is 0 Å². The third kappa shape index (κ3) is 10.2. The molecule has 5 aliphatic heterocycles. The van der Waals surface area contributed by atoms with E-state index in [1.54, 1.807) is 6.07 Å². The van der Waals surface area contributed by atoms with Crippen molar-refractivity contribution in [1.82, 2.24) is 53.7 Å². The molecule has 0 saturated carbocycles. The van der Waals surface area contributed by atoms with Gasteiger partial charge in [-0.2, -0.15) is 0 Å². The lowest BCUT2D eigenvalue weighted by Crippen LogP contribution is -2.46. The molecule has 0 radical (unpaired) electrons. The number of likely N-dealkylation sites (N-methyl/N-ethyl adjacent to an activating group) is 4. The number of hydrogen-bond acceptors (Lipinski definition) is 14. The van der Waals surface area contributed by atoms with E-state index in [1.807, 2.05) is 6.07 Å². The Labute approximate surface area is 366 Å². The van der Waals surface area contributed by atoms with Gasteiger partial charge < -0.3 is 44.7 Å².